The smallest absolute Gasteiger partial charge is 0.307 e. The first-order valence-electron chi connectivity index (χ1n) is 8.54. The Bertz CT molecular complexity index is 854. The number of carboxylic acids is 1. The second-order valence-electron chi connectivity index (χ2n) is 6.28. The molecule has 0 saturated heterocycles. The number of nitrogens with zero attached hydrogens (tertiary/aromatic N) is 1. The van der Waals surface area contributed by atoms with Gasteiger partial charge in [-0.25, -0.2) is 0 Å². The van der Waals surface area contributed by atoms with Crippen molar-refractivity contribution in [3.63, 3.8) is 0 Å². The topological polar surface area (TPSA) is 88.5 Å². The molecule has 140 valence electrons. The molecule has 3 rings (SSSR count). The molecule has 1 amide bonds. The van der Waals surface area contributed by atoms with E-state index >= 15 is 0 Å². The normalized spacial score (nSPS) is 18.7. The van der Waals surface area contributed by atoms with E-state index in [2.05, 4.69) is 10.3 Å². The number of ether oxygens (including phenoxy) is 1. The van der Waals surface area contributed by atoms with Gasteiger partial charge in [-0.2, -0.15) is 0 Å². The van der Waals surface area contributed by atoms with E-state index in [9.17, 15) is 14.7 Å². The predicted molar refractivity (Wildman–Crippen MR) is 102 cm³/mol. The van der Waals surface area contributed by atoms with Gasteiger partial charge in [0.15, 0.2) is 0 Å². The van der Waals surface area contributed by atoms with Gasteiger partial charge in [0.05, 0.1) is 16.9 Å². The highest BCUT2D eigenvalue weighted by Crippen LogP contribution is 2.30. The van der Waals surface area contributed by atoms with Crippen LogP contribution >= 0.6 is 11.6 Å². The Labute approximate surface area is 161 Å². The van der Waals surface area contributed by atoms with Crippen molar-refractivity contribution in [1.82, 2.24) is 4.98 Å². The Morgan fingerprint density at radius 3 is 2.67 bits per heavy atom. The van der Waals surface area contributed by atoms with Gasteiger partial charge in [0.2, 0.25) is 5.91 Å². The molecule has 1 aliphatic rings. The van der Waals surface area contributed by atoms with Crippen molar-refractivity contribution in [1.29, 1.82) is 0 Å². The van der Waals surface area contributed by atoms with E-state index in [0.717, 1.165) is 5.56 Å². The predicted octanol–water partition coefficient (Wildman–Crippen LogP) is 3.92. The monoisotopic (exact) mass is 386 g/mol. The highest BCUT2D eigenvalue weighted by atomic mass is 35.5. The lowest BCUT2D eigenvalue weighted by atomic mass is 9.82. The van der Waals surface area contributed by atoms with Crippen molar-refractivity contribution in [2.45, 2.75) is 19.4 Å². The maximum absolute atomic E-state index is 12.5. The van der Waals surface area contributed by atoms with Gasteiger partial charge < -0.3 is 15.2 Å². The zero-order valence-electron chi connectivity index (χ0n) is 14.5. The highest BCUT2D eigenvalue weighted by Gasteiger charge is 2.33. The van der Waals surface area contributed by atoms with E-state index in [0.29, 0.717) is 35.9 Å². The molecule has 1 heterocycles. The summed E-state index contributed by atoms with van der Waals surface area (Å²) in [4.78, 5) is 27.9. The van der Waals surface area contributed by atoms with Gasteiger partial charge in [-0.1, -0.05) is 29.8 Å². The maximum atomic E-state index is 12.5. The van der Waals surface area contributed by atoms with Crippen LogP contribution in [0.25, 0.3) is 0 Å². The van der Waals surface area contributed by atoms with Crippen molar-refractivity contribution < 1.29 is 19.4 Å². The Kier molecular flexibility index (Phi) is 6.08. The second kappa shape index (κ2) is 8.68. The van der Waals surface area contributed by atoms with E-state index < -0.39 is 17.8 Å². The lowest BCUT2D eigenvalue weighted by Gasteiger charge is -2.24. The first-order valence-corrected chi connectivity index (χ1v) is 8.92. The molecule has 2 N–H and O–H groups in total. The average Bonchev–Trinajstić information content (AvgIpc) is 2.68. The summed E-state index contributed by atoms with van der Waals surface area (Å²) in [5.74, 6) is -2.12. The van der Waals surface area contributed by atoms with E-state index in [4.69, 9.17) is 16.3 Å². The number of allylic oxidation sites excluding steroid dienone is 2. The molecule has 0 fully saturated rings. The number of nitrogens with one attached hydrogen (secondary N) is 1. The minimum absolute atomic E-state index is 0.327. The fourth-order valence-electron chi connectivity index (χ4n) is 2.95. The van der Waals surface area contributed by atoms with Gasteiger partial charge in [0.1, 0.15) is 12.4 Å². The van der Waals surface area contributed by atoms with Gasteiger partial charge in [-0.15, -0.1) is 0 Å². The Hall–Kier alpha value is -2.86. The van der Waals surface area contributed by atoms with Crippen LogP contribution < -0.4 is 10.1 Å². The molecule has 6 nitrogen and oxygen atoms in total. The summed E-state index contributed by atoms with van der Waals surface area (Å²) in [6.07, 6.45) is 7.79. The van der Waals surface area contributed by atoms with Crippen LogP contribution in [0.2, 0.25) is 5.02 Å². The number of carboxylic acid groups (broad SMARTS) is 1. The summed E-state index contributed by atoms with van der Waals surface area (Å²) in [6, 6.07) is 8.66. The molecular weight excluding hydrogens is 368 g/mol. The van der Waals surface area contributed by atoms with Gasteiger partial charge in [0, 0.05) is 23.6 Å². The van der Waals surface area contributed by atoms with E-state index in [1.165, 1.54) is 0 Å². The van der Waals surface area contributed by atoms with E-state index in [-0.39, 0.29) is 5.91 Å². The van der Waals surface area contributed by atoms with Crippen molar-refractivity contribution in [3.8, 4) is 5.75 Å². The Morgan fingerprint density at radius 1 is 1.22 bits per heavy atom. The number of pyridine rings is 1. The lowest BCUT2D eigenvalue weighted by molar-refractivity contribution is -0.146. The number of rotatable bonds is 6. The van der Waals surface area contributed by atoms with Crippen LogP contribution in [0, 0.1) is 11.8 Å². The third-order valence-corrected chi connectivity index (χ3v) is 4.70. The van der Waals surface area contributed by atoms with Crippen LogP contribution in [0.5, 0.6) is 5.75 Å². The van der Waals surface area contributed by atoms with Crippen molar-refractivity contribution in [3.05, 3.63) is 65.5 Å². The minimum Gasteiger partial charge on any atom is -0.487 e. The number of hydrogen-bond donors (Lipinski definition) is 2. The van der Waals surface area contributed by atoms with E-state index in [1.807, 2.05) is 18.2 Å². The quantitative estimate of drug-likeness (QED) is 0.734. The highest BCUT2D eigenvalue weighted by molar-refractivity contribution is 6.32. The number of hydrogen-bond acceptors (Lipinski definition) is 4. The Balaban J connectivity index is 1.64. The first-order chi connectivity index (χ1) is 13.0. The number of aliphatic carboxylic acids is 1. The van der Waals surface area contributed by atoms with Crippen molar-refractivity contribution >= 4 is 29.2 Å². The standard InChI is InChI=1S/C20H19ClN2O4/c21-17-10-14(7-8-18(17)27-12-13-4-3-9-22-11-13)23-19(24)15-5-1-2-6-16(15)20(25)26/h1-4,7-11,15-16H,5-6,12H2,(H,23,24)(H,25,26)/t15-,16+/m0/s1. The molecule has 2 aromatic rings. The zero-order valence-corrected chi connectivity index (χ0v) is 15.2. The fourth-order valence-corrected chi connectivity index (χ4v) is 3.19. The minimum atomic E-state index is -0.961. The van der Waals surface area contributed by atoms with Gasteiger partial charge >= 0.3 is 5.97 Å². The molecule has 2 atom stereocenters. The summed E-state index contributed by atoms with van der Waals surface area (Å²) >= 11 is 6.25. The second-order valence-corrected chi connectivity index (χ2v) is 6.69. The number of amides is 1. The molecule has 0 aliphatic heterocycles. The summed E-state index contributed by atoms with van der Waals surface area (Å²) in [6.45, 7) is 0.327. The van der Waals surface area contributed by atoms with Crippen LogP contribution in [0.3, 0.4) is 0 Å². The molecule has 0 radical (unpaired) electrons. The van der Waals surface area contributed by atoms with Crippen LogP contribution in [-0.4, -0.2) is 22.0 Å². The van der Waals surface area contributed by atoms with Crippen molar-refractivity contribution in [2.75, 3.05) is 5.32 Å². The number of anilines is 1. The van der Waals surface area contributed by atoms with Crippen LogP contribution in [0.1, 0.15) is 18.4 Å². The van der Waals surface area contributed by atoms with E-state index in [1.54, 1.807) is 36.7 Å². The summed E-state index contributed by atoms with van der Waals surface area (Å²) in [5, 5.41) is 12.4. The molecule has 7 heteroatoms. The summed E-state index contributed by atoms with van der Waals surface area (Å²) in [5.41, 5.74) is 1.41. The number of aromatic nitrogens is 1. The van der Waals surface area contributed by atoms with Gasteiger partial charge in [-0.05, 0) is 37.1 Å². The van der Waals surface area contributed by atoms with Gasteiger partial charge in [0.25, 0.3) is 0 Å². The van der Waals surface area contributed by atoms with Crippen LogP contribution in [0.4, 0.5) is 5.69 Å². The van der Waals surface area contributed by atoms with Crippen LogP contribution in [-0.2, 0) is 16.2 Å². The molecule has 0 bridgehead atoms. The van der Waals surface area contributed by atoms with Crippen LogP contribution in [0.15, 0.2) is 54.9 Å². The summed E-state index contributed by atoms with van der Waals surface area (Å²) < 4.78 is 5.68. The number of halogens is 1. The molecular formula is C20H19ClN2O4. The number of carbonyl (C=O) groups excluding carboxylic acids is 1. The molecule has 0 unspecified atom stereocenters. The molecule has 1 aliphatic carbocycles. The molecule has 0 spiro atoms. The largest absolute Gasteiger partial charge is 0.487 e. The molecule has 1 aromatic heterocycles. The lowest BCUT2D eigenvalue weighted by Crippen LogP contribution is -2.34. The third kappa shape index (κ3) is 4.86. The zero-order chi connectivity index (χ0) is 19.2. The number of carbonyl (C=O) groups is 2. The maximum Gasteiger partial charge on any atom is 0.307 e. The molecule has 1 aromatic carbocycles. The number of benzene rings is 1. The third-order valence-electron chi connectivity index (χ3n) is 4.40. The molecule has 27 heavy (non-hydrogen) atoms. The molecule has 0 saturated carbocycles. The SMILES string of the molecule is O=C(Nc1ccc(OCc2cccnc2)c(Cl)c1)[C@H]1CC=CC[C@H]1C(=O)O. The summed E-state index contributed by atoms with van der Waals surface area (Å²) in [7, 11) is 0. The first kappa shape index (κ1) is 18.9. The Morgan fingerprint density at radius 2 is 2.00 bits per heavy atom. The van der Waals surface area contributed by atoms with Crippen molar-refractivity contribution in [2.24, 2.45) is 11.8 Å². The van der Waals surface area contributed by atoms with Gasteiger partial charge in [-0.3, -0.25) is 14.6 Å². The average molecular weight is 387 g/mol. The fraction of sp³-hybridized carbons (Fsp3) is 0.250.